The number of esters is 2. The molecule has 0 bridgehead atoms. The highest BCUT2D eigenvalue weighted by Crippen LogP contribution is 2.20. The van der Waals surface area contributed by atoms with E-state index >= 15 is 0 Å². The monoisotopic (exact) mass is 365 g/mol. The van der Waals surface area contributed by atoms with Gasteiger partial charge in [-0.25, -0.2) is 4.79 Å². The van der Waals surface area contributed by atoms with Gasteiger partial charge in [-0.1, -0.05) is 0 Å². The van der Waals surface area contributed by atoms with Crippen molar-refractivity contribution >= 4 is 23.5 Å². The van der Waals surface area contributed by atoms with E-state index in [2.05, 4.69) is 4.74 Å². The molecule has 142 valence electrons. The van der Waals surface area contributed by atoms with Crippen LogP contribution in [0.5, 0.6) is 5.75 Å². The highest BCUT2D eigenvalue weighted by Gasteiger charge is 2.36. The van der Waals surface area contributed by atoms with Gasteiger partial charge in [-0.15, -0.1) is 0 Å². The average molecular weight is 365 g/mol. The lowest BCUT2D eigenvalue weighted by molar-refractivity contribution is -0.497. The molecule has 0 radical (unpaired) electrons. The molecule has 0 aliphatic heterocycles. The molecule has 0 saturated heterocycles. The summed E-state index contributed by atoms with van der Waals surface area (Å²) in [7, 11) is 2.56. The quantitative estimate of drug-likeness (QED) is 0.413. The summed E-state index contributed by atoms with van der Waals surface area (Å²) in [6, 6.07) is 4.55. The van der Waals surface area contributed by atoms with E-state index in [1.807, 2.05) is 0 Å². The van der Waals surface area contributed by atoms with Crippen molar-refractivity contribution in [3.63, 3.8) is 0 Å². The van der Waals surface area contributed by atoms with Gasteiger partial charge in [-0.2, -0.15) is 0 Å². The fraction of sp³-hybridized carbons (Fsp3) is 0.471. The summed E-state index contributed by atoms with van der Waals surface area (Å²) < 4.78 is 14.8. The van der Waals surface area contributed by atoms with E-state index in [9.17, 15) is 14.4 Å². The Morgan fingerprint density at radius 3 is 2.15 bits per heavy atom. The van der Waals surface area contributed by atoms with Crippen molar-refractivity contribution in [2.45, 2.75) is 32.4 Å². The van der Waals surface area contributed by atoms with Crippen LogP contribution in [-0.2, 0) is 23.9 Å². The summed E-state index contributed by atoms with van der Waals surface area (Å²) in [6.45, 7) is 4.61. The molecule has 0 saturated carbocycles. The molecule has 1 aromatic carbocycles. The van der Waals surface area contributed by atoms with Crippen LogP contribution in [0.3, 0.4) is 0 Å². The van der Waals surface area contributed by atoms with Crippen molar-refractivity contribution in [3.05, 3.63) is 29.8 Å². The van der Waals surface area contributed by atoms with Crippen LogP contribution in [0.25, 0.3) is 5.53 Å². The van der Waals surface area contributed by atoms with E-state index < -0.39 is 36.0 Å². The first-order chi connectivity index (χ1) is 12.1. The van der Waals surface area contributed by atoms with Gasteiger partial charge in [0.15, 0.2) is 0 Å². The fourth-order valence-electron chi connectivity index (χ4n) is 2.04. The number of ether oxygens (including phenoxy) is 3. The number of carbonyl (C=O) groups excluding carboxylic acids is 3. The maximum atomic E-state index is 12.7. The maximum absolute atomic E-state index is 12.7. The second kappa shape index (κ2) is 8.93. The summed E-state index contributed by atoms with van der Waals surface area (Å²) in [5.74, 6) is -2.01. The van der Waals surface area contributed by atoms with Crippen LogP contribution in [0.1, 0.15) is 20.8 Å². The van der Waals surface area contributed by atoms with Gasteiger partial charge >= 0.3 is 23.9 Å². The van der Waals surface area contributed by atoms with E-state index in [0.717, 1.165) is 12.0 Å². The minimum Gasteiger partial charge on any atom is -0.507 e. The third kappa shape index (κ3) is 5.83. The lowest BCUT2D eigenvalue weighted by atomic mass is 10.2. The zero-order valence-corrected chi connectivity index (χ0v) is 15.4. The minimum atomic E-state index is -1.69. The normalized spacial score (nSPS) is 11.9. The highest BCUT2D eigenvalue weighted by atomic mass is 16.6. The van der Waals surface area contributed by atoms with Crippen LogP contribution in [-0.4, -0.2) is 50.3 Å². The Balaban J connectivity index is 3.18. The Morgan fingerprint density at radius 2 is 1.73 bits per heavy atom. The highest BCUT2D eigenvalue weighted by molar-refractivity contribution is 6.09. The molecule has 0 heterocycles. The van der Waals surface area contributed by atoms with Crippen molar-refractivity contribution in [2.24, 2.45) is 0 Å². The first-order valence-electron chi connectivity index (χ1n) is 7.77. The molecule has 9 heteroatoms. The average Bonchev–Trinajstić information content (AvgIpc) is 2.58. The summed E-state index contributed by atoms with van der Waals surface area (Å²) >= 11 is 0. The molecule has 1 N–H and O–H groups in total. The first kappa shape index (κ1) is 21.1. The molecule has 1 unspecified atom stereocenters. The van der Waals surface area contributed by atoms with Crippen molar-refractivity contribution in [2.75, 3.05) is 25.7 Å². The molecule has 1 aromatic rings. The van der Waals surface area contributed by atoms with E-state index in [0.29, 0.717) is 11.4 Å². The topological polar surface area (TPSA) is 118 Å². The molecule has 1 atom stereocenters. The third-order valence-electron chi connectivity index (χ3n) is 3.17. The molecular formula is C17H23N3O6. The lowest BCUT2D eigenvalue weighted by Crippen LogP contribution is -2.79. The smallest absolute Gasteiger partial charge is 0.384 e. The number of nitrogens with one attached hydrogen (secondary N) is 1. The second-order valence-corrected chi connectivity index (χ2v) is 6.29. The van der Waals surface area contributed by atoms with Crippen molar-refractivity contribution in [3.8, 4) is 5.75 Å². The van der Waals surface area contributed by atoms with Gasteiger partial charge in [0.2, 0.25) is 0 Å². The molecule has 1 rings (SSSR count). The molecule has 26 heavy (non-hydrogen) atoms. The summed E-state index contributed by atoms with van der Waals surface area (Å²) in [5.41, 5.74) is 8.73. The number of benzene rings is 1. The van der Waals surface area contributed by atoms with Gasteiger partial charge in [0, 0.05) is 5.69 Å². The van der Waals surface area contributed by atoms with Gasteiger partial charge < -0.3 is 24.9 Å². The number of nitrogens with zero attached hydrogens (tertiary/aromatic N) is 2. The van der Waals surface area contributed by atoms with Gasteiger partial charge in [0.25, 0.3) is 0 Å². The number of carbonyl (C=O) groups is 3. The molecule has 9 nitrogen and oxygen atoms in total. The Labute approximate surface area is 151 Å². The molecule has 1 amide bonds. The number of methoxy groups -OCH3 is 2. The molecule has 0 fully saturated rings. The van der Waals surface area contributed by atoms with Gasteiger partial charge in [-0.05, 0) is 45.0 Å². The number of anilines is 1. The first-order valence-corrected chi connectivity index (χ1v) is 7.77. The summed E-state index contributed by atoms with van der Waals surface area (Å²) in [4.78, 5) is 37.6. The predicted octanol–water partition coefficient (Wildman–Crippen LogP) is 0.0137. The largest absolute Gasteiger partial charge is 0.507 e. The predicted molar refractivity (Wildman–Crippen MR) is 91.3 cm³/mol. The Morgan fingerprint density at radius 1 is 1.15 bits per heavy atom. The Bertz CT molecular complexity index is 666. The number of amides is 1. The summed E-state index contributed by atoms with van der Waals surface area (Å²) in [5, 5.41) is 1.60. The molecule has 0 aliphatic rings. The van der Waals surface area contributed by atoms with Crippen LogP contribution < -0.4 is 14.8 Å². The molecule has 0 spiro atoms. The van der Waals surface area contributed by atoms with Crippen LogP contribution in [0.2, 0.25) is 0 Å². The zero-order valence-electron chi connectivity index (χ0n) is 15.4. The van der Waals surface area contributed by atoms with Crippen LogP contribution in [0.15, 0.2) is 24.3 Å². The minimum absolute atomic E-state index is 0.311. The molecule has 0 aliphatic carbocycles. The third-order valence-corrected chi connectivity index (χ3v) is 3.17. The van der Waals surface area contributed by atoms with Gasteiger partial charge in [0.05, 0.1) is 14.2 Å². The van der Waals surface area contributed by atoms with Crippen LogP contribution >= 0.6 is 0 Å². The standard InChI is InChI=1S/C17H23N3O6/c1-17(2,3)26-13(21)10-20(11-6-8-12(24-4)9-7-11)15(22)14(19-18)16(23)25-5/h6-9,14,19H,10H2,1-5H3. The molecule has 0 aromatic heterocycles. The number of hydrogen-bond acceptors (Lipinski definition) is 6. The zero-order chi connectivity index (χ0) is 19.9. The van der Waals surface area contributed by atoms with Crippen molar-refractivity contribution in [1.29, 1.82) is 0 Å². The lowest BCUT2D eigenvalue weighted by Gasteiger charge is -2.25. The van der Waals surface area contributed by atoms with E-state index in [1.165, 1.54) is 19.2 Å². The number of hydrogen-bond donors (Lipinski definition) is 1. The second-order valence-electron chi connectivity index (χ2n) is 6.29. The van der Waals surface area contributed by atoms with Gasteiger partial charge in [-0.3, -0.25) is 14.5 Å². The summed E-state index contributed by atoms with van der Waals surface area (Å²) in [6.07, 6.45) is 0. The molecular weight excluding hydrogens is 342 g/mol. The van der Waals surface area contributed by atoms with Crippen molar-refractivity contribution in [1.82, 2.24) is 0 Å². The fourth-order valence-corrected chi connectivity index (χ4v) is 2.04. The SMILES string of the molecule is COC(=O)C([NH+]=[N-])C(=O)N(CC(=O)OC(C)(C)C)c1ccc(OC)cc1. The van der Waals surface area contributed by atoms with E-state index in [4.69, 9.17) is 15.0 Å². The Hall–Kier alpha value is -2.97. The number of rotatable bonds is 7. The maximum Gasteiger partial charge on any atom is 0.384 e. The van der Waals surface area contributed by atoms with Crippen LogP contribution in [0.4, 0.5) is 5.69 Å². The van der Waals surface area contributed by atoms with Crippen LogP contribution in [0, 0.1) is 0 Å². The van der Waals surface area contributed by atoms with E-state index in [1.54, 1.807) is 38.0 Å². The van der Waals surface area contributed by atoms with Crippen molar-refractivity contribution < 1.29 is 33.7 Å². The Kier molecular flexibility index (Phi) is 7.24. The van der Waals surface area contributed by atoms with Gasteiger partial charge in [0.1, 0.15) is 17.9 Å². The van der Waals surface area contributed by atoms with E-state index in [-0.39, 0.29) is 0 Å².